The topological polar surface area (TPSA) is 3.24 Å². The zero-order valence-electron chi connectivity index (χ0n) is 8.20. The summed E-state index contributed by atoms with van der Waals surface area (Å²) >= 11 is 0. The highest BCUT2D eigenvalue weighted by Crippen LogP contribution is 2.08. The van der Waals surface area contributed by atoms with Gasteiger partial charge in [-0.2, -0.15) is 0 Å². The second-order valence-electron chi connectivity index (χ2n) is 3.07. The third-order valence-corrected chi connectivity index (χ3v) is 2.07. The molecule has 0 spiro atoms. The average Bonchev–Trinajstić information content (AvgIpc) is 2.15. The highest BCUT2D eigenvalue weighted by molar-refractivity contribution is 14.0. The van der Waals surface area contributed by atoms with Crippen molar-refractivity contribution < 1.29 is 0 Å². The predicted molar refractivity (Wildman–Crippen MR) is 69.3 cm³/mol. The van der Waals surface area contributed by atoms with Gasteiger partial charge in [0.05, 0.1) is 0 Å². The number of unbranched alkanes of at least 4 members (excludes halogenated alkanes) is 1. The van der Waals surface area contributed by atoms with Gasteiger partial charge < -0.3 is 4.90 Å². The fourth-order valence-electron chi connectivity index (χ4n) is 1.22. The minimum absolute atomic E-state index is 0. The molecule has 0 aromatic rings. The van der Waals surface area contributed by atoms with E-state index < -0.39 is 0 Å². The molecule has 0 aromatic heterocycles. The van der Waals surface area contributed by atoms with Gasteiger partial charge in [0.15, 0.2) is 0 Å². The first kappa shape index (κ1) is 12.8. The minimum Gasteiger partial charge on any atom is -0.374 e. The van der Waals surface area contributed by atoms with Crippen molar-refractivity contribution in [3.8, 4) is 0 Å². The first-order chi connectivity index (χ1) is 5.86. The van der Waals surface area contributed by atoms with Gasteiger partial charge in [0, 0.05) is 13.1 Å². The maximum absolute atomic E-state index is 3.73. The van der Waals surface area contributed by atoms with E-state index in [0.717, 1.165) is 6.54 Å². The Morgan fingerprint density at radius 3 is 2.85 bits per heavy atom. The van der Waals surface area contributed by atoms with Gasteiger partial charge in [-0.3, -0.25) is 0 Å². The molecule has 0 unspecified atom stereocenters. The van der Waals surface area contributed by atoms with Gasteiger partial charge in [0.1, 0.15) is 0 Å². The van der Waals surface area contributed by atoms with E-state index in [0.29, 0.717) is 0 Å². The third-order valence-electron chi connectivity index (χ3n) is 2.07. The summed E-state index contributed by atoms with van der Waals surface area (Å²) in [7, 11) is 0. The van der Waals surface area contributed by atoms with E-state index in [1.807, 2.05) is 6.08 Å². The quantitative estimate of drug-likeness (QED) is 0.718. The number of hydrogen-bond acceptors (Lipinski definition) is 1. The minimum atomic E-state index is 0. The van der Waals surface area contributed by atoms with Gasteiger partial charge in [-0.1, -0.05) is 32.1 Å². The van der Waals surface area contributed by atoms with Crippen LogP contribution in [-0.4, -0.2) is 18.0 Å². The highest BCUT2D eigenvalue weighted by atomic mass is 127. The third kappa shape index (κ3) is 4.50. The van der Waals surface area contributed by atoms with E-state index in [4.69, 9.17) is 0 Å². The van der Waals surface area contributed by atoms with Crippen LogP contribution in [0.1, 0.15) is 19.8 Å². The Bertz CT molecular complexity index is 206. The van der Waals surface area contributed by atoms with Crippen molar-refractivity contribution in [3.05, 3.63) is 36.6 Å². The van der Waals surface area contributed by atoms with Crippen LogP contribution in [0.5, 0.6) is 0 Å². The molecule has 0 amide bonds. The molecule has 1 aliphatic rings. The molecule has 0 bridgehead atoms. The zero-order chi connectivity index (χ0) is 8.81. The maximum atomic E-state index is 3.73. The van der Waals surface area contributed by atoms with E-state index in [2.05, 4.69) is 36.8 Å². The summed E-state index contributed by atoms with van der Waals surface area (Å²) in [4.78, 5) is 2.33. The molecule has 1 heterocycles. The van der Waals surface area contributed by atoms with Crippen LogP contribution in [0, 0.1) is 0 Å². The lowest BCUT2D eigenvalue weighted by atomic mass is 10.2. The molecule has 0 N–H and O–H groups in total. The largest absolute Gasteiger partial charge is 0.374 e. The van der Waals surface area contributed by atoms with E-state index in [1.54, 1.807) is 0 Å². The molecule has 74 valence electrons. The van der Waals surface area contributed by atoms with Crippen LogP contribution in [0.2, 0.25) is 0 Å². The lowest BCUT2D eigenvalue weighted by Crippen LogP contribution is -2.20. The first-order valence-corrected chi connectivity index (χ1v) is 4.61. The number of hydrogen-bond donors (Lipinski definition) is 0. The summed E-state index contributed by atoms with van der Waals surface area (Å²) in [6.07, 6.45) is 10.9. The highest BCUT2D eigenvalue weighted by Gasteiger charge is 2.00. The van der Waals surface area contributed by atoms with E-state index >= 15 is 0 Å². The monoisotopic (exact) mass is 291 g/mol. The van der Waals surface area contributed by atoms with Crippen molar-refractivity contribution in [2.75, 3.05) is 13.1 Å². The van der Waals surface area contributed by atoms with E-state index in [-0.39, 0.29) is 24.0 Å². The molecule has 0 atom stereocenters. The molecule has 1 nitrogen and oxygen atoms in total. The van der Waals surface area contributed by atoms with Crippen LogP contribution in [0.3, 0.4) is 0 Å². The number of rotatable bonds is 4. The molecular weight excluding hydrogens is 273 g/mol. The van der Waals surface area contributed by atoms with Crippen molar-refractivity contribution in [2.24, 2.45) is 0 Å². The van der Waals surface area contributed by atoms with Crippen LogP contribution in [0.25, 0.3) is 0 Å². The fraction of sp³-hybridized carbons (Fsp3) is 0.455. The first-order valence-electron chi connectivity index (χ1n) is 4.61. The number of nitrogens with zero attached hydrogens (tertiary/aromatic N) is 1. The molecule has 0 aliphatic carbocycles. The molecular formula is C11H18IN. The summed E-state index contributed by atoms with van der Waals surface area (Å²) in [5, 5.41) is 0. The van der Waals surface area contributed by atoms with Gasteiger partial charge in [0.25, 0.3) is 0 Å². The molecule has 1 aliphatic heterocycles. The second kappa shape index (κ2) is 7.18. The smallest absolute Gasteiger partial charge is 0.0362 e. The van der Waals surface area contributed by atoms with E-state index in [9.17, 15) is 0 Å². The van der Waals surface area contributed by atoms with Crippen molar-refractivity contribution in [1.29, 1.82) is 0 Å². The van der Waals surface area contributed by atoms with Gasteiger partial charge in [0.2, 0.25) is 0 Å². The standard InChI is InChI=1S/C11H17N.HI/c1-3-5-8-12-9-6-11(4-2)7-10-12;/h4,6-7,9H,2-3,5,8,10H2,1H3;1H. The molecule has 1 rings (SSSR count). The molecule has 0 aromatic carbocycles. The Labute approximate surface area is 98.2 Å². The Balaban J connectivity index is 0.00000144. The Morgan fingerprint density at radius 2 is 2.38 bits per heavy atom. The summed E-state index contributed by atoms with van der Waals surface area (Å²) in [5.41, 5.74) is 1.24. The van der Waals surface area contributed by atoms with Crippen LogP contribution < -0.4 is 0 Å². The van der Waals surface area contributed by atoms with Gasteiger partial charge in [-0.05, 0) is 24.3 Å². The van der Waals surface area contributed by atoms with Crippen molar-refractivity contribution in [2.45, 2.75) is 19.8 Å². The second-order valence-corrected chi connectivity index (χ2v) is 3.07. The van der Waals surface area contributed by atoms with Crippen molar-refractivity contribution in [1.82, 2.24) is 4.90 Å². The fourth-order valence-corrected chi connectivity index (χ4v) is 1.22. The van der Waals surface area contributed by atoms with Crippen LogP contribution in [0.4, 0.5) is 0 Å². The van der Waals surface area contributed by atoms with Gasteiger partial charge >= 0.3 is 0 Å². The number of allylic oxidation sites excluding steroid dienone is 3. The summed E-state index contributed by atoms with van der Waals surface area (Å²) in [5.74, 6) is 0. The van der Waals surface area contributed by atoms with Crippen molar-refractivity contribution in [3.63, 3.8) is 0 Å². The summed E-state index contributed by atoms with van der Waals surface area (Å²) in [6, 6.07) is 0. The van der Waals surface area contributed by atoms with E-state index in [1.165, 1.54) is 25.0 Å². The molecule has 0 saturated heterocycles. The average molecular weight is 291 g/mol. The summed E-state index contributed by atoms with van der Waals surface area (Å²) < 4.78 is 0. The normalized spacial score (nSPS) is 14.8. The predicted octanol–water partition coefficient (Wildman–Crippen LogP) is 3.35. The zero-order valence-corrected chi connectivity index (χ0v) is 10.5. The molecule has 2 heteroatoms. The molecule has 0 saturated carbocycles. The molecule has 0 radical (unpaired) electrons. The molecule has 0 fully saturated rings. The van der Waals surface area contributed by atoms with Gasteiger partial charge in [-0.25, -0.2) is 0 Å². The maximum Gasteiger partial charge on any atom is 0.0362 e. The van der Waals surface area contributed by atoms with Crippen LogP contribution in [-0.2, 0) is 0 Å². The van der Waals surface area contributed by atoms with Crippen LogP contribution in [0.15, 0.2) is 36.6 Å². The Hall–Kier alpha value is -0.250. The Kier molecular flexibility index (Phi) is 7.04. The molecule has 13 heavy (non-hydrogen) atoms. The lowest BCUT2D eigenvalue weighted by Gasteiger charge is -2.21. The summed E-state index contributed by atoms with van der Waals surface area (Å²) in [6.45, 7) is 8.17. The van der Waals surface area contributed by atoms with Crippen molar-refractivity contribution >= 4 is 24.0 Å². The van der Waals surface area contributed by atoms with Gasteiger partial charge in [-0.15, -0.1) is 24.0 Å². The Morgan fingerprint density at radius 1 is 1.62 bits per heavy atom. The SMILES string of the molecule is C=CC1=CCN(CCCC)C=C1.I. The lowest BCUT2D eigenvalue weighted by molar-refractivity contribution is 0.400. The van der Waals surface area contributed by atoms with Crippen LogP contribution >= 0.6 is 24.0 Å². The number of halogens is 1.